The number of nitroso groups, excluding NO2 is 1. The van der Waals surface area contributed by atoms with Crippen LogP contribution in [0.1, 0.15) is 72.1 Å². The molecule has 126 valence electrons. The molecule has 0 heterocycles. The van der Waals surface area contributed by atoms with E-state index in [1.54, 1.807) is 0 Å². The van der Waals surface area contributed by atoms with Gasteiger partial charge in [-0.15, -0.1) is 0 Å². The highest BCUT2D eigenvalue weighted by Crippen LogP contribution is 2.59. The zero-order valence-corrected chi connectivity index (χ0v) is 14.5. The van der Waals surface area contributed by atoms with E-state index in [9.17, 15) is 10.0 Å². The van der Waals surface area contributed by atoms with Crippen LogP contribution < -0.4 is 0 Å². The van der Waals surface area contributed by atoms with Crippen LogP contribution in [-0.2, 0) is 0 Å². The molecule has 3 nitrogen and oxygen atoms in total. The van der Waals surface area contributed by atoms with Gasteiger partial charge < -0.3 is 5.11 Å². The quantitative estimate of drug-likeness (QED) is 0.763. The summed E-state index contributed by atoms with van der Waals surface area (Å²) < 4.78 is 0. The summed E-state index contributed by atoms with van der Waals surface area (Å²) in [5.41, 5.74) is 0.348. The summed E-state index contributed by atoms with van der Waals surface area (Å²) in [5, 5.41) is 13.2. The van der Waals surface area contributed by atoms with E-state index in [-0.39, 0.29) is 12.1 Å². The molecule has 0 aromatic rings. The lowest BCUT2D eigenvalue weighted by Crippen LogP contribution is -2.41. The molecule has 0 aliphatic heterocycles. The summed E-state index contributed by atoms with van der Waals surface area (Å²) in [4.78, 5) is 11.0. The molecule has 0 radical (unpaired) electrons. The predicted molar refractivity (Wildman–Crippen MR) is 89.4 cm³/mol. The van der Waals surface area contributed by atoms with E-state index in [0.717, 1.165) is 30.6 Å². The number of hydrogen-bond donors (Lipinski definition) is 1. The Balaban J connectivity index is 1.67. The molecule has 8 atom stereocenters. The van der Waals surface area contributed by atoms with Gasteiger partial charge in [0.1, 0.15) is 0 Å². The van der Waals surface area contributed by atoms with E-state index >= 15 is 0 Å². The van der Waals surface area contributed by atoms with Crippen molar-refractivity contribution in [1.29, 1.82) is 0 Å². The molecule has 0 spiro atoms. The molecule has 8 unspecified atom stereocenters. The van der Waals surface area contributed by atoms with E-state index in [1.165, 1.54) is 38.5 Å². The summed E-state index contributed by atoms with van der Waals surface area (Å²) in [5.74, 6) is 3.62. The van der Waals surface area contributed by atoms with Gasteiger partial charge in [-0.25, -0.2) is 0 Å². The molecular weight excluding hydrogens is 274 g/mol. The lowest BCUT2D eigenvalue weighted by molar-refractivity contribution is -0.000370. The third-order valence-electron chi connectivity index (χ3n) is 7.81. The molecule has 1 N–H and O–H groups in total. The van der Waals surface area contributed by atoms with Gasteiger partial charge in [0.25, 0.3) is 0 Å². The first-order chi connectivity index (χ1) is 10.5. The van der Waals surface area contributed by atoms with Crippen molar-refractivity contribution in [3.63, 3.8) is 0 Å². The van der Waals surface area contributed by atoms with E-state index in [4.69, 9.17) is 0 Å². The van der Waals surface area contributed by atoms with Crippen molar-refractivity contribution in [2.45, 2.75) is 84.3 Å². The van der Waals surface area contributed by atoms with Crippen molar-refractivity contribution >= 4 is 0 Å². The minimum atomic E-state index is -0.0597. The zero-order chi connectivity index (χ0) is 15.9. The Bertz CT molecular complexity index is 412. The predicted octanol–water partition coefficient (Wildman–Crippen LogP) is 4.77. The molecule has 0 bridgehead atoms. The van der Waals surface area contributed by atoms with Gasteiger partial charge in [0, 0.05) is 0 Å². The van der Waals surface area contributed by atoms with Crippen LogP contribution in [0.3, 0.4) is 0 Å². The average molecular weight is 307 g/mol. The van der Waals surface area contributed by atoms with Gasteiger partial charge in [-0.05, 0) is 93.3 Å². The SMILES string of the molecule is CC1CC(O)CCC1C1CCC2(C)C(CCC2C(C)N=O)C1. The summed E-state index contributed by atoms with van der Waals surface area (Å²) in [6.45, 7) is 6.79. The standard InChI is InChI=1S/C19H33NO2/c1-12-10-16(21)5-6-17(12)14-8-9-19(3)15(11-14)4-7-18(19)13(2)20-22/h12-18,21H,4-11H2,1-3H3. The Morgan fingerprint density at radius 3 is 2.59 bits per heavy atom. The highest BCUT2D eigenvalue weighted by molar-refractivity contribution is 5.02. The fourth-order valence-electron chi connectivity index (χ4n) is 6.45. The molecule has 0 aromatic carbocycles. The van der Waals surface area contributed by atoms with Crippen molar-refractivity contribution in [3.05, 3.63) is 4.91 Å². The Morgan fingerprint density at radius 1 is 1.14 bits per heavy atom. The van der Waals surface area contributed by atoms with Crippen LogP contribution in [0.25, 0.3) is 0 Å². The Morgan fingerprint density at radius 2 is 1.91 bits per heavy atom. The van der Waals surface area contributed by atoms with E-state index in [1.807, 2.05) is 6.92 Å². The normalized spacial score (nSPS) is 50.4. The summed E-state index contributed by atoms with van der Waals surface area (Å²) in [6, 6.07) is -0.0182. The largest absolute Gasteiger partial charge is 0.393 e. The topological polar surface area (TPSA) is 49.7 Å². The maximum absolute atomic E-state index is 11.0. The number of aliphatic hydroxyl groups is 1. The molecule has 0 saturated heterocycles. The van der Waals surface area contributed by atoms with E-state index < -0.39 is 0 Å². The van der Waals surface area contributed by atoms with Crippen LogP contribution in [0, 0.1) is 39.9 Å². The van der Waals surface area contributed by atoms with E-state index in [0.29, 0.717) is 17.3 Å². The fraction of sp³-hybridized carbons (Fsp3) is 1.00. The molecule has 3 heteroatoms. The zero-order valence-electron chi connectivity index (χ0n) is 14.5. The molecule has 22 heavy (non-hydrogen) atoms. The first-order valence-electron chi connectivity index (χ1n) is 9.46. The second-order valence-corrected chi connectivity index (χ2v) is 8.88. The van der Waals surface area contributed by atoms with Gasteiger partial charge in [-0.1, -0.05) is 19.0 Å². The highest BCUT2D eigenvalue weighted by atomic mass is 16.3. The van der Waals surface area contributed by atoms with Crippen molar-refractivity contribution in [1.82, 2.24) is 0 Å². The molecule has 3 saturated carbocycles. The van der Waals surface area contributed by atoms with Gasteiger partial charge in [-0.2, -0.15) is 4.91 Å². The molecule has 0 amide bonds. The second kappa shape index (κ2) is 6.22. The fourth-order valence-corrected chi connectivity index (χ4v) is 6.45. The monoisotopic (exact) mass is 307 g/mol. The summed E-state index contributed by atoms with van der Waals surface area (Å²) in [6.07, 6.45) is 9.59. The van der Waals surface area contributed by atoms with Crippen LogP contribution in [-0.4, -0.2) is 17.3 Å². The smallest absolute Gasteiger partial charge is 0.0925 e. The van der Waals surface area contributed by atoms with Crippen molar-refractivity contribution in [2.24, 2.45) is 40.2 Å². The van der Waals surface area contributed by atoms with Crippen molar-refractivity contribution in [3.8, 4) is 0 Å². The molecule has 3 fully saturated rings. The minimum absolute atomic E-state index is 0.0182. The average Bonchev–Trinajstić information content (AvgIpc) is 2.83. The third kappa shape index (κ3) is 2.74. The van der Waals surface area contributed by atoms with Crippen LogP contribution >= 0.6 is 0 Å². The van der Waals surface area contributed by atoms with Crippen LogP contribution in [0.15, 0.2) is 5.18 Å². The number of nitrogens with zero attached hydrogens (tertiary/aromatic N) is 1. The number of hydrogen-bond acceptors (Lipinski definition) is 3. The van der Waals surface area contributed by atoms with Crippen LogP contribution in [0.4, 0.5) is 0 Å². The van der Waals surface area contributed by atoms with Gasteiger partial charge in [0.15, 0.2) is 0 Å². The van der Waals surface area contributed by atoms with Gasteiger partial charge in [0.2, 0.25) is 0 Å². The minimum Gasteiger partial charge on any atom is -0.393 e. The third-order valence-corrected chi connectivity index (χ3v) is 7.81. The Hall–Kier alpha value is -0.440. The molecule has 3 aliphatic carbocycles. The molecule has 3 aliphatic rings. The lowest BCUT2D eigenvalue weighted by atomic mass is 9.57. The van der Waals surface area contributed by atoms with E-state index in [2.05, 4.69) is 19.0 Å². The molecule has 0 aromatic heterocycles. The van der Waals surface area contributed by atoms with Crippen molar-refractivity contribution in [2.75, 3.05) is 0 Å². The summed E-state index contributed by atoms with van der Waals surface area (Å²) in [7, 11) is 0. The van der Waals surface area contributed by atoms with Gasteiger partial charge in [-0.3, -0.25) is 0 Å². The first-order valence-corrected chi connectivity index (χ1v) is 9.46. The summed E-state index contributed by atoms with van der Waals surface area (Å²) >= 11 is 0. The van der Waals surface area contributed by atoms with Crippen molar-refractivity contribution < 1.29 is 5.11 Å². The van der Waals surface area contributed by atoms with Crippen LogP contribution in [0.5, 0.6) is 0 Å². The van der Waals surface area contributed by atoms with Crippen LogP contribution in [0.2, 0.25) is 0 Å². The first kappa shape index (κ1) is 16.4. The Labute approximate surface area is 135 Å². The number of aliphatic hydroxyl groups excluding tert-OH is 1. The highest BCUT2D eigenvalue weighted by Gasteiger charge is 2.52. The number of fused-ring (bicyclic) bond motifs is 1. The molecule has 3 rings (SSSR count). The lowest BCUT2D eigenvalue weighted by Gasteiger charge is -2.48. The maximum Gasteiger partial charge on any atom is 0.0925 e. The van der Waals surface area contributed by atoms with Gasteiger partial charge in [0.05, 0.1) is 12.1 Å². The second-order valence-electron chi connectivity index (χ2n) is 8.88. The Kier molecular flexibility index (Phi) is 4.64. The van der Waals surface area contributed by atoms with Gasteiger partial charge >= 0.3 is 0 Å². The maximum atomic E-state index is 11.0. The number of rotatable bonds is 3. The molecular formula is C19H33NO2.